The topological polar surface area (TPSA) is 105 Å². The van der Waals surface area contributed by atoms with Crippen LogP contribution >= 0.6 is 0 Å². The molecule has 3 N–H and O–H groups in total. The number of nitrogens with one attached hydrogen (secondary N) is 2. The second kappa shape index (κ2) is 11.5. The second-order valence-electron chi connectivity index (χ2n) is 11.5. The van der Waals surface area contributed by atoms with E-state index in [1.807, 2.05) is 52.1 Å². The molecule has 0 aliphatic carbocycles. The Morgan fingerprint density at radius 3 is 2.68 bits per heavy atom. The first-order valence-corrected chi connectivity index (χ1v) is 13.5. The van der Waals surface area contributed by atoms with Gasteiger partial charge < -0.3 is 29.4 Å². The van der Waals surface area contributed by atoms with Gasteiger partial charge in [-0.2, -0.15) is 0 Å². The number of aromatic nitrogens is 1. The van der Waals surface area contributed by atoms with Gasteiger partial charge in [0.05, 0.1) is 23.6 Å². The quantitative estimate of drug-likeness (QED) is 0.450. The highest BCUT2D eigenvalue weighted by molar-refractivity contribution is 5.78. The fraction of sp³-hybridized carbons (Fsp3) is 0.586. The minimum atomic E-state index is -0.904. The van der Waals surface area contributed by atoms with E-state index < -0.39 is 23.7 Å². The molecule has 4 rings (SSSR count). The Bertz CT molecular complexity index is 1170. The van der Waals surface area contributed by atoms with Gasteiger partial charge >= 0.3 is 5.97 Å². The molecule has 1 fully saturated rings. The number of benzene rings is 1. The number of aliphatic hydroxyl groups is 1. The first-order chi connectivity index (χ1) is 17.9. The molecule has 2 aliphatic rings. The summed E-state index contributed by atoms with van der Waals surface area (Å²) >= 11 is 0. The smallest absolute Gasteiger partial charge is 0.326 e. The molecule has 1 aromatic heterocycles. The number of aryl methyl sites for hydroxylation is 2. The normalized spacial score (nSPS) is 21.0. The summed E-state index contributed by atoms with van der Waals surface area (Å²) < 4.78 is 13.2. The van der Waals surface area contributed by atoms with Crippen LogP contribution in [0.4, 0.5) is 11.4 Å². The first-order valence-electron chi connectivity index (χ1n) is 13.5. The van der Waals surface area contributed by atoms with Crippen LogP contribution in [0.2, 0.25) is 0 Å². The van der Waals surface area contributed by atoms with Gasteiger partial charge in [0.15, 0.2) is 0 Å². The number of carbonyl (C=O) groups excluding carboxylic acids is 1. The predicted octanol–water partition coefficient (Wildman–Crippen LogP) is 3.37. The molecule has 0 radical (unpaired) electrons. The summed E-state index contributed by atoms with van der Waals surface area (Å²) in [5, 5.41) is 17.1. The van der Waals surface area contributed by atoms with E-state index in [2.05, 4.69) is 21.6 Å². The lowest BCUT2D eigenvalue weighted by molar-refractivity contribution is -0.160. The largest absolute Gasteiger partial charge is 0.459 e. The van der Waals surface area contributed by atoms with Gasteiger partial charge in [0.1, 0.15) is 17.8 Å². The zero-order chi connectivity index (χ0) is 27.6. The lowest BCUT2D eigenvalue weighted by atomic mass is 10.1. The number of fused-ring (bicyclic) bond motifs is 1. The summed E-state index contributed by atoms with van der Waals surface area (Å²) in [5.74, 6) is -0.475. The third-order valence-corrected chi connectivity index (χ3v) is 7.02. The molecule has 9 nitrogen and oxygen atoms in total. The molecule has 4 atom stereocenters. The Kier molecular flexibility index (Phi) is 8.49. The number of ether oxygens (including phenoxy) is 2. The van der Waals surface area contributed by atoms with Crippen LogP contribution in [-0.4, -0.2) is 52.6 Å². The van der Waals surface area contributed by atoms with Crippen molar-refractivity contribution in [2.75, 3.05) is 23.4 Å². The van der Waals surface area contributed by atoms with Crippen LogP contribution < -0.4 is 21.1 Å². The fourth-order valence-electron chi connectivity index (χ4n) is 5.15. The van der Waals surface area contributed by atoms with Crippen LogP contribution in [0.5, 0.6) is 0 Å². The first kappa shape index (κ1) is 28.1. The number of esters is 1. The lowest BCUT2D eigenvalue weighted by Gasteiger charge is -2.33. The summed E-state index contributed by atoms with van der Waals surface area (Å²) in [6.07, 6.45) is 4.22. The van der Waals surface area contributed by atoms with E-state index in [1.165, 1.54) is 0 Å². The Labute approximate surface area is 225 Å². The number of carbonyl (C=O) groups is 1. The van der Waals surface area contributed by atoms with Crippen LogP contribution in [-0.2, 0) is 27.9 Å². The van der Waals surface area contributed by atoms with Crippen molar-refractivity contribution in [3.8, 4) is 0 Å². The third-order valence-electron chi connectivity index (χ3n) is 7.02. The number of rotatable bonds is 8. The molecule has 1 saturated heterocycles. The van der Waals surface area contributed by atoms with Gasteiger partial charge in [-0.05, 0) is 77.6 Å². The average Bonchev–Trinajstić information content (AvgIpc) is 3.19. The zero-order valence-corrected chi connectivity index (χ0v) is 23.4. The molecule has 1 aromatic carbocycles. The van der Waals surface area contributed by atoms with E-state index in [0.717, 1.165) is 54.9 Å². The van der Waals surface area contributed by atoms with Crippen LogP contribution in [0.15, 0.2) is 35.3 Å². The summed E-state index contributed by atoms with van der Waals surface area (Å²) in [7, 11) is 1.78. The molecule has 2 aliphatic heterocycles. The minimum absolute atomic E-state index is 0.00237. The van der Waals surface area contributed by atoms with Crippen LogP contribution in [0.1, 0.15) is 69.8 Å². The molecule has 9 heteroatoms. The van der Waals surface area contributed by atoms with Crippen molar-refractivity contribution in [3.05, 3.63) is 57.5 Å². The number of aliphatic hydroxyl groups excluding tert-OH is 1. The number of hydrogen-bond acceptors (Lipinski definition) is 8. The highest BCUT2D eigenvalue weighted by atomic mass is 16.6. The molecule has 0 saturated carbocycles. The Balaban J connectivity index is 1.59. The summed E-state index contributed by atoms with van der Waals surface area (Å²) in [5.41, 5.74) is 4.09. The maximum Gasteiger partial charge on any atom is 0.326 e. The number of pyridine rings is 1. The Morgan fingerprint density at radius 2 is 2.05 bits per heavy atom. The molecule has 0 bridgehead atoms. The maximum atomic E-state index is 12.7. The van der Waals surface area contributed by atoms with E-state index in [4.69, 9.17) is 9.47 Å². The van der Waals surface area contributed by atoms with E-state index >= 15 is 0 Å². The van der Waals surface area contributed by atoms with Crippen molar-refractivity contribution in [1.82, 2.24) is 9.88 Å². The maximum absolute atomic E-state index is 12.7. The molecule has 3 unspecified atom stereocenters. The summed E-state index contributed by atoms with van der Waals surface area (Å²) in [6, 6.07) is 7.28. The molecule has 2 aromatic rings. The fourth-order valence-corrected chi connectivity index (χ4v) is 5.15. The Morgan fingerprint density at radius 1 is 1.29 bits per heavy atom. The highest BCUT2D eigenvalue weighted by Gasteiger charge is 2.34. The number of anilines is 2. The van der Waals surface area contributed by atoms with Gasteiger partial charge in [-0.3, -0.25) is 14.9 Å². The van der Waals surface area contributed by atoms with Crippen molar-refractivity contribution < 1.29 is 19.4 Å². The molecule has 3 heterocycles. The third kappa shape index (κ3) is 6.57. The van der Waals surface area contributed by atoms with E-state index in [0.29, 0.717) is 12.1 Å². The van der Waals surface area contributed by atoms with Crippen LogP contribution in [0, 0.1) is 6.92 Å². The average molecular weight is 527 g/mol. The predicted molar refractivity (Wildman–Crippen MR) is 148 cm³/mol. The molecule has 0 spiro atoms. The standard InChI is InChI=1S/C29H42N4O5/c1-18-13-21(16-32(6)27(18)35)26-31-23-11-10-20(14-24(23)33(26)17-22-9-7-8-12-37-22)15-30-25(19(2)34)28(36)38-29(3,4)5/h10-11,13-14,16,19,22,25-26,30-31,34H,7-9,12,15,17H2,1-6H3/t19?,22?,25-,26?/m0/s1. The van der Waals surface area contributed by atoms with E-state index in [1.54, 1.807) is 18.5 Å². The van der Waals surface area contributed by atoms with Gasteiger partial charge in [0, 0.05) is 44.1 Å². The van der Waals surface area contributed by atoms with Crippen molar-refractivity contribution in [1.29, 1.82) is 0 Å². The second-order valence-corrected chi connectivity index (χ2v) is 11.5. The van der Waals surface area contributed by atoms with Crippen molar-refractivity contribution in [2.24, 2.45) is 7.05 Å². The van der Waals surface area contributed by atoms with Gasteiger partial charge in [0.25, 0.3) is 5.56 Å². The molecule has 38 heavy (non-hydrogen) atoms. The monoisotopic (exact) mass is 526 g/mol. The summed E-state index contributed by atoms with van der Waals surface area (Å²) in [4.78, 5) is 27.3. The molecule has 208 valence electrons. The van der Waals surface area contributed by atoms with Crippen molar-refractivity contribution in [3.63, 3.8) is 0 Å². The molecular weight excluding hydrogens is 484 g/mol. The molecular formula is C29H42N4O5. The molecule has 0 amide bonds. The van der Waals surface area contributed by atoms with E-state index in [-0.39, 0.29) is 17.8 Å². The van der Waals surface area contributed by atoms with Gasteiger partial charge in [-0.25, -0.2) is 0 Å². The Hall–Kier alpha value is -2.88. The van der Waals surface area contributed by atoms with Gasteiger partial charge in [-0.15, -0.1) is 0 Å². The minimum Gasteiger partial charge on any atom is -0.459 e. The van der Waals surface area contributed by atoms with Gasteiger partial charge in [0.2, 0.25) is 0 Å². The van der Waals surface area contributed by atoms with Crippen molar-refractivity contribution >= 4 is 17.3 Å². The van der Waals surface area contributed by atoms with Crippen LogP contribution in [0.3, 0.4) is 0 Å². The summed E-state index contributed by atoms with van der Waals surface area (Å²) in [6.45, 7) is 10.7. The lowest BCUT2D eigenvalue weighted by Crippen LogP contribution is -2.47. The highest BCUT2D eigenvalue weighted by Crippen LogP contribution is 2.42. The zero-order valence-electron chi connectivity index (χ0n) is 23.4. The van der Waals surface area contributed by atoms with Crippen LogP contribution in [0.25, 0.3) is 0 Å². The van der Waals surface area contributed by atoms with Crippen molar-refractivity contribution in [2.45, 2.75) is 90.4 Å². The van der Waals surface area contributed by atoms with E-state index in [9.17, 15) is 14.7 Å². The van der Waals surface area contributed by atoms with Gasteiger partial charge in [-0.1, -0.05) is 6.07 Å². The number of hydrogen-bond donors (Lipinski definition) is 3. The number of nitrogens with zero attached hydrogens (tertiary/aromatic N) is 2. The SMILES string of the molecule is Cc1cc(C2Nc3ccc(CN[C@H](C(=O)OC(C)(C)C)C(C)O)cc3N2CC2CCCCO2)cn(C)c1=O.